The van der Waals surface area contributed by atoms with Crippen molar-refractivity contribution in [3.8, 4) is 0 Å². The van der Waals surface area contributed by atoms with Crippen LogP contribution in [0.25, 0.3) is 0 Å². The number of hydrogen-bond acceptors (Lipinski definition) is 7. The molecular weight excluding hydrogens is 603 g/mol. The molecule has 0 amide bonds. The molecule has 0 aromatic carbocycles. The molecule has 0 aliphatic carbocycles. The van der Waals surface area contributed by atoms with Crippen molar-refractivity contribution in [2.45, 2.75) is 155 Å². The molecule has 0 aromatic heterocycles. The summed E-state index contributed by atoms with van der Waals surface area (Å²) in [5.41, 5.74) is 0. The van der Waals surface area contributed by atoms with Crippen LogP contribution in [-0.4, -0.2) is 42.8 Å². The molecule has 0 saturated heterocycles. The molecule has 46 heavy (non-hydrogen) atoms. The molecule has 0 radical (unpaired) electrons. The number of allylic oxidation sites excluding steroid dienone is 8. The highest BCUT2D eigenvalue weighted by atomic mass is 31.2. The molecule has 0 heterocycles. The van der Waals surface area contributed by atoms with E-state index in [1.165, 1.54) is 12.8 Å². The number of carbonyl (C=O) groups is 2. The summed E-state index contributed by atoms with van der Waals surface area (Å²) in [6, 6.07) is 0. The molecule has 2 atom stereocenters. The Hall–Kier alpha value is -1.99. The lowest BCUT2D eigenvalue weighted by Gasteiger charge is -2.19. The normalized spacial score (nSPS) is 14.1. The van der Waals surface area contributed by atoms with Crippen molar-refractivity contribution in [2.24, 2.45) is 0 Å². The average molecular weight is 669 g/mol. The molecule has 0 aliphatic heterocycles. The monoisotopic (exact) mass is 668 g/mol. The van der Waals surface area contributed by atoms with E-state index in [0.29, 0.717) is 6.42 Å². The molecule has 266 valence electrons. The van der Waals surface area contributed by atoms with E-state index in [2.05, 4.69) is 62.5 Å². The summed E-state index contributed by atoms with van der Waals surface area (Å²) < 4.78 is 32.4. The third kappa shape index (κ3) is 32.0. The zero-order valence-corrected chi connectivity index (χ0v) is 30.1. The minimum Gasteiger partial charge on any atom is -0.462 e. The summed E-state index contributed by atoms with van der Waals surface area (Å²) in [5, 5.41) is 0. The van der Waals surface area contributed by atoms with Gasteiger partial charge in [0.15, 0.2) is 6.10 Å². The number of phosphoric acid groups is 1. The predicted molar refractivity (Wildman–Crippen MR) is 188 cm³/mol. The van der Waals surface area contributed by atoms with Gasteiger partial charge in [-0.1, -0.05) is 114 Å². The smallest absolute Gasteiger partial charge is 0.462 e. The third-order valence-corrected chi connectivity index (χ3v) is 8.18. The molecule has 0 bridgehead atoms. The highest BCUT2D eigenvalue weighted by molar-refractivity contribution is 7.47. The van der Waals surface area contributed by atoms with Crippen LogP contribution in [0.1, 0.15) is 149 Å². The number of unbranched alkanes of at least 4 members (excludes halogenated alkanes) is 12. The molecular formula is C37H65O8P. The maximum absolute atomic E-state index is 12.5. The Labute approximate surface area is 280 Å². The standard InChI is InChI=1S/C37H65O8P/c1-4-7-9-11-13-15-17-18-19-20-22-24-26-28-30-32-37(39)45-35(34-44-46(40,41)43-6-3)33-42-36(38)31-29-27-25-23-21-16-14-12-10-8-5-2/h7,9,12-15,18-19,35H,4-6,8,10-11,16-17,20-34H2,1-3H3,(H,40,41)/b9-7-,14-12-,15-13-,19-18-. The van der Waals surface area contributed by atoms with Gasteiger partial charge in [0.2, 0.25) is 0 Å². The zero-order chi connectivity index (χ0) is 34.0. The first kappa shape index (κ1) is 44.0. The van der Waals surface area contributed by atoms with Crippen molar-refractivity contribution < 1.29 is 37.6 Å². The van der Waals surface area contributed by atoms with E-state index in [9.17, 15) is 19.0 Å². The Balaban J connectivity index is 4.23. The van der Waals surface area contributed by atoms with Crippen LogP contribution in [0.2, 0.25) is 0 Å². The Morgan fingerprint density at radius 3 is 1.70 bits per heavy atom. The van der Waals surface area contributed by atoms with Crippen LogP contribution in [-0.2, 0) is 32.7 Å². The first-order chi connectivity index (χ1) is 22.3. The molecule has 0 saturated carbocycles. The largest absolute Gasteiger partial charge is 0.472 e. The lowest BCUT2D eigenvalue weighted by molar-refractivity contribution is -0.161. The van der Waals surface area contributed by atoms with E-state index in [-0.39, 0.29) is 32.0 Å². The Morgan fingerprint density at radius 1 is 0.609 bits per heavy atom. The van der Waals surface area contributed by atoms with Gasteiger partial charge in [-0.05, 0) is 71.1 Å². The number of phosphoric ester groups is 1. The van der Waals surface area contributed by atoms with Crippen LogP contribution in [0.15, 0.2) is 48.6 Å². The van der Waals surface area contributed by atoms with E-state index in [1.807, 2.05) is 0 Å². The van der Waals surface area contributed by atoms with Crippen molar-refractivity contribution in [1.82, 2.24) is 0 Å². The summed E-state index contributed by atoms with van der Waals surface area (Å²) in [4.78, 5) is 34.5. The van der Waals surface area contributed by atoms with Gasteiger partial charge >= 0.3 is 19.8 Å². The number of carbonyl (C=O) groups excluding carboxylic acids is 2. The fourth-order valence-electron chi connectivity index (χ4n) is 4.50. The minimum absolute atomic E-state index is 0.00624. The molecule has 0 spiro atoms. The summed E-state index contributed by atoms with van der Waals surface area (Å²) in [5.74, 6) is -0.835. The van der Waals surface area contributed by atoms with Gasteiger partial charge in [-0.3, -0.25) is 18.6 Å². The van der Waals surface area contributed by atoms with Crippen LogP contribution in [0.3, 0.4) is 0 Å². The topological polar surface area (TPSA) is 108 Å². The number of rotatable bonds is 32. The second-order valence-corrected chi connectivity index (χ2v) is 13.0. The second kappa shape index (κ2) is 32.9. The molecule has 0 fully saturated rings. The van der Waals surface area contributed by atoms with Crippen molar-refractivity contribution >= 4 is 19.8 Å². The summed E-state index contributed by atoms with van der Waals surface area (Å²) in [6.07, 6.45) is 35.9. The van der Waals surface area contributed by atoms with E-state index in [1.54, 1.807) is 6.92 Å². The van der Waals surface area contributed by atoms with Crippen LogP contribution in [0.4, 0.5) is 0 Å². The lowest BCUT2D eigenvalue weighted by Crippen LogP contribution is -2.29. The lowest BCUT2D eigenvalue weighted by atomic mass is 10.1. The minimum atomic E-state index is -4.28. The first-order valence-electron chi connectivity index (χ1n) is 17.9. The number of hydrogen-bond donors (Lipinski definition) is 1. The summed E-state index contributed by atoms with van der Waals surface area (Å²) >= 11 is 0. The zero-order valence-electron chi connectivity index (χ0n) is 29.2. The molecule has 8 nitrogen and oxygen atoms in total. The van der Waals surface area contributed by atoms with Crippen LogP contribution >= 0.6 is 7.82 Å². The molecule has 2 unspecified atom stereocenters. The SMILES string of the molecule is CC/C=C\C/C=C\C/C=C\CCCCCCCC(=O)OC(COC(=O)CCCCCCC/C=C\CCCC)COP(=O)(O)OCC. The fourth-order valence-corrected chi connectivity index (χ4v) is 5.26. The average Bonchev–Trinajstić information content (AvgIpc) is 3.03. The Kier molecular flexibility index (Phi) is 31.5. The van der Waals surface area contributed by atoms with Gasteiger partial charge in [0.25, 0.3) is 0 Å². The fraction of sp³-hybridized carbons (Fsp3) is 0.730. The predicted octanol–water partition coefficient (Wildman–Crippen LogP) is 10.7. The van der Waals surface area contributed by atoms with Crippen LogP contribution in [0, 0.1) is 0 Å². The summed E-state index contributed by atoms with van der Waals surface area (Å²) in [6.45, 7) is 5.26. The van der Waals surface area contributed by atoms with E-state index in [0.717, 1.165) is 96.3 Å². The van der Waals surface area contributed by atoms with Crippen molar-refractivity contribution in [1.29, 1.82) is 0 Å². The van der Waals surface area contributed by atoms with Crippen molar-refractivity contribution in [2.75, 3.05) is 19.8 Å². The van der Waals surface area contributed by atoms with Crippen LogP contribution in [0.5, 0.6) is 0 Å². The van der Waals surface area contributed by atoms with E-state index < -0.39 is 26.5 Å². The van der Waals surface area contributed by atoms with Crippen molar-refractivity contribution in [3.05, 3.63) is 48.6 Å². The maximum atomic E-state index is 12.5. The molecule has 0 aromatic rings. The highest BCUT2D eigenvalue weighted by Gasteiger charge is 2.25. The third-order valence-electron chi connectivity index (χ3n) is 7.12. The number of esters is 2. The van der Waals surface area contributed by atoms with E-state index in [4.69, 9.17) is 18.5 Å². The van der Waals surface area contributed by atoms with Gasteiger partial charge in [-0.2, -0.15) is 0 Å². The van der Waals surface area contributed by atoms with Gasteiger partial charge in [0.1, 0.15) is 6.61 Å². The Morgan fingerprint density at radius 2 is 1.11 bits per heavy atom. The van der Waals surface area contributed by atoms with Gasteiger partial charge < -0.3 is 14.4 Å². The first-order valence-corrected chi connectivity index (χ1v) is 19.4. The van der Waals surface area contributed by atoms with Gasteiger partial charge in [0.05, 0.1) is 13.2 Å². The van der Waals surface area contributed by atoms with E-state index >= 15 is 0 Å². The molecule has 0 aliphatic rings. The van der Waals surface area contributed by atoms with Crippen LogP contribution < -0.4 is 0 Å². The molecule has 9 heteroatoms. The quantitative estimate of drug-likeness (QED) is 0.0326. The molecule has 1 N–H and O–H groups in total. The van der Waals surface area contributed by atoms with Gasteiger partial charge in [0, 0.05) is 12.8 Å². The van der Waals surface area contributed by atoms with Crippen molar-refractivity contribution in [3.63, 3.8) is 0 Å². The maximum Gasteiger partial charge on any atom is 0.472 e. The van der Waals surface area contributed by atoms with Gasteiger partial charge in [-0.25, -0.2) is 4.57 Å². The Bertz CT molecular complexity index is 896. The van der Waals surface area contributed by atoms with Gasteiger partial charge in [-0.15, -0.1) is 0 Å². The second-order valence-electron chi connectivity index (χ2n) is 11.5. The number of ether oxygens (including phenoxy) is 2. The highest BCUT2D eigenvalue weighted by Crippen LogP contribution is 2.43. The summed E-state index contributed by atoms with van der Waals surface area (Å²) in [7, 11) is -4.28. The molecule has 0 rings (SSSR count).